The van der Waals surface area contributed by atoms with E-state index in [2.05, 4.69) is 27.7 Å². The molecule has 0 unspecified atom stereocenters. The molecule has 39 heavy (non-hydrogen) atoms. The number of ether oxygens (including phenoxy) is 1. The molecule has 1 fully saturated rings. The quantitative estimate of drug-likeness (QED) is 0.514. The summed E-state index contributed by atoms with van der Waals surface area (Å²) in [6.07, 6.45) is 2.28. The highest BCUT2D eigenvalue weighted by atomic mass is 16.5. The van der Waals surface area contributed by atoms with E-state index >= 15 is 0 Å². The molecule has 3 aromatic rings. The molecule has 3 aliphatic heterocycles. The van der Waals surface area contributed by atoms with Crippen LogP contribution in [0.2, 0.25) is 0 Å². The van der Waals surface area contributed by atoms with Crippen molar-refractivity contribution in [2.45, 2.75) is 44.7 Å². The van der Waals surface area contributed by atoms with Gasteiger partial charge in [-0.05, 0) is 72.7 Å². The van der Waals surface area contributed by atoms with Gasteiger partial charge in [0.25, 0.3) is 5.56 Å². The Hall–Kier alpha value is -4.07. The molecule has 8 nitrogen and oxygen atoms in total. The second kappa shape index (κ2) is 10.2. The molecule has 2 amide bonds. The zero-order chi connectivity index (χ0) is 27.1. The minimum atomic E-state index is -0.284. The van der Waals surface area contributed by atoms with Crippen LogP contribution in [-0.4, -0.2) is 42.6 Å². The molecular weight excluding hydrogens is 492 g/mol. The fourth-order valence-corrected chi connectivity index (χ4v) is 6.86. The van der Waals surface area contributed by atoms with Gasteiger partial charge in [0, 0.05) is 61.7 Å². The number of hydrogen-bond donors (Lipinski definition) is 2. The van der Waals surface area contributed by atoms with Crippen molar-refractivity contribution in [2.24, 2.45) is 11.8 Å². The van der Waals surface area contributed by atoms with Crippen LogP contribution in [0.25, 0.3) is 0 Å². The molecule has 4 heterocycles. The number of piperidine rings is 1. The molecule has 2 N–H and O–H groups in total. The molecule has 2 bridgehead atoms. The number of amides is 2. The molecule has 0 aliphatic carbocycles. The predicted octanol–water partition coefficient (Wildman–Crippen LogP) is 3.34. The highest BCUT2D eigenvalue weighted by molar-refractivity contribution is 5.89. The standard InChI is InChI=1S/C31H34N4O4/c1-19(36)33-23-8-11-27-22(15-23)16-26(31(38)32-13-12-20-6-9-24(39-2)10-7-20)30-25-14-21(18-35(27)30)17-34-28(25)4-3-5-29(34)37/h3-11,15,21,25-26,30H,12-14,16-18H2,1-2H3,(H,32,38)(H,33,36)/t21-,25+,26+,30+/m0/s1. The van der Waals surface area contributed by atoms with Gasteiger partial charge in [0.1, 0.15) is 5.75 Å². The minimum absolute atomic E-state index is 0.0305. The highest BCUT2D eigenvalue weighted by Crippen LogP contribution is 2.48. The Bertz CT molecular complexity index is 1460. The van der Waals surface area contributed by atoms with Gasteiger partial charge in [-0.2, -0.15) is 0 Å². The van der Waals surface area contributed by atoms with E-state index in [1.54, 1.807) is 13.2 Å². The van der Waals surface area contributed by atoms with Crippen molar-refractivity contribution in [1.82, 2.24) is 9.88 Å². The third kappa shape index (κ3) is 4.80. The van der Waals surface area contributed by atoms with Crippen molar-refractivity contribution in [3.63, 3.8) is 0 Å². The number of aromatic nitrogens is 1. The number of nitrogens with zero attached hydrogens (tertiary/aromatic N) is 2. The van der Waals surface area contributed by atoms with Crippen LogP contribution in [0.1, 0.15) is 36.1 Å². The highest BCUT2D eigenvalue weighted by Gasteiger charge is 2.49. The molecule has 4 atom stereocenters. The Morgan fingerprint density at radius 1 is 1.05 bits per heavy atom. The van der Waals surface area contributed by atoms with Crippen molar-refractivity contribution < 1.29 is 14.3 Å². The SMILES string of the molecule is COc1ccc(CCNC(=O)[C@@H]2Cc3cc(NC(C)=O)ccc3N3C[C@H]4C[C@H](c5cccc(=O)n5C4)[C@H]23)cc1. The van der Waals surface area contributed by atoms with E-state index in [1.807, 2.05) is 47.0 Å². The van der Waals surface area contributed by atoms with Gasteiger partial charge in [0.05, 0.1) is 13.0 Å². The zero-order valence-corrected chi connectivity index (χ0v) is 22.4. The maximum absolute atomic E-state index is 13.9. The van der Waals surface area contributed by atoms with E-state index in [0.29, 0.717) is 25.4 Å². The van der Waals surface area contributed by atoms with Crippen molar-refractivity contribution >= 4 is 23.2 Å². The Morgan fingerprint density at radius 2 is 1.87 bits per heavy atom. The fourth-order valence-electron chi connectivity index (χ4n) is 6.86. The molecule has 202 valence electrons. The van der Waals surface area contributed by atoms with Gasteiger partial charge in [-0.3, -0.25) is 14.4 Å². The van der Waals surface area contributed by atoms with Gasteiger partial charge in [-0.25, -0.2) is 0 Å². The smallest absolute Gasteiger partial charge is 0.250 e. The number of methoxy groups -OCH3 is 1. The van der Waals surface area contributed by atoms with Crippen molar-refractivity contribution in [1.29, 1.82) is 0 Å². The first kappa shape index (κ1) is 25.2. The van der Waals surface area contributed by atoms with Crippen LogP contribution in [0.4, 0.5) is 11.4 Å². The van der Waals surface area contributed by atoms with Gasteiger partial charge in [0.2, 0.25) is 11.8 Å². The first-order valence-corrected chi connectivity index (χ1v) is 13.7. The van der Waals surface area contributed by atoms with Gasteiger partial charge in [0.15, 0.2) is 0 Å². The Kier molecular flexibility index (Phi) is 6.62. The van der Waals surface area contributed by atoms with E-state index in [4.69, 9.17) is 4.74 Å². The van der Waals surface area contributed by atoms with E-state index in [-0.39, 0.29) is 35.3 Å². The third-order valence-corrected chi connectivity index (χ3v) is 8.49. The van der Waals surface area contributed by atoms with Gasteiger partial charge in [-0.15, -0.1) is 0 Å². The number of carbonyl (C=O) groups excluding carboxylic acids is 2. The Morgan fingerprint density at radius 3 is 2.64 bits per heavy atom. The van der Waals surface area contributed by atoms with Crippen LogP contribution in [0.3, 0.4) is 0 Å². The summed E-state index contributed by atoms with van der Waals surface area (Å²) in [6, 6.07) is 19.4. The van der Waals surface area contributed by atoms with Crippen LogP contribution in [0.15, 0.2) is 65.5 Å². The molecule has 0 saturated carbocycles. The lowest BCUT2D eigenvalue weighted by molar-refractivity contribution is -0.126. The molecule has 0 radical (unpaired) electrons. The molecule has 1 aromatic heterocycles. The predicted molar refractivity (Wildman–Crippen MR) is 150 cm³/mol. The number of rotatable bonds is 6. The van der Waals surface area contributed by atoms with Crippen molar-refractivity contribution in [2.75, 3.05) is 30.4 Å². The minimum Gasteiger partial charge on any atom is -0.497 e. The normalized spacial score (nSPS) is 22.7. The average molecular weight is 527 g/mol. The summed E-state index contributed by atoms with van der Waals surface area (Å²) in [5, 5.41) is 6.10. The van der Waals surface area contributed by atoms with Crippen LogP contribution < -0.4 is 25.8 Å². The molecule has 2 aromatic carbocycles. The number of hydrogen-bond acceptors (Lipinski definition) is 5. The maximum atomic E-state index is 13.9. The molecule has 8 heteroatoms. The lowest BCUT2D eigenvalue weighted by Crippen LogP contribution is -2.60. The number of anilines is 2. The van der Waals surface area contributed by atoms with Crippen LogP contribution in [-0.2, 0) is 29.0 Å². The number of carbonyl (C=O) groups is 2. The second-order valence-electron chi connectivity index (χ2n) is 11.0. The molecular formula is C31H34N4O4. The average Bonchev–Trinajstić information content (AvgIpc) is 2.93. The second-order valence-corrected chi connectivity index (χ2v) is 11.0. The van der Waals surface area contributed by atoms with Crippen LogP contribution in [0.5, 0.6) is 5.75 Å². The lowest BCUT2D eigenvalue weighted by Gasteiger charge is -2.54. The van der Waals surface area contributed by atoms with E-state index in [9.17, 15) is 14.4 Å². The topological polar surface area (TPSA) is 92.7 Å². The number of fused-ring (bicyclic) bond motifs is 8. The van der Waals surface area contributed by atoms with Crippen molar-refractivity contribution in [3.8, 4) is 5.75 Å². The molecule has 6 rings (SSSR count). The van der Waals surface area contributed by atoms with Crippen LogP contribution in [0, 0.1) is 11.8 Å². The number of benzene rings is 2. The summed E-state index contributed by atoms with van der Waals surface area (Å²) < 4.78 is 7.17. The first-order valence-electron chi connectivity index (χ1n) is 13.7. The summed E-state index contributed by atoms with van der Waals surface area (Å²) in [6.45, 7) is 3.53. The molecule has 0 spiro atoms. The van der Waals surface area contributed by atoms with Crippen molar-refractivity contribution in [3.05, 3.63) is 87.8 Å². The summed E-state index contributed by atoms with van der Waals surface area (Å²) in [5.74, 6) is 0.859. The first-order chi connectivity index (χ1) is 18.9. The lowest BCUT2D eigenvalue weighted by atomic mass is 9.69. The van der Waals surface area contributed by atoms with E-state index < -0.39 is 0 Å². The van der Waals surface area contributed by atoms with Gasteiger partial charge < -0.3 is 24.8 Å². The van der Waals surface area contributed by atoms with E-state index in [1.165, 1.54) is 6.92 Å². The fraction of sp³-hybridized carbons (Fsp3) is 0.387. The summed E-state index contributed by atoms with van der Waals surface area (Å²) in [7, 11) is 1.65. The Balaban J connectivity index is 1.31. The van der Waals surface area contributed by atoms with E-state index in [0.717, 1.165) is 53.3 Å². The molecule has 1 saturated heterocycles. The molecule has 3 aliphatic rings. The van der Waals surface area contributed by atoms with Crippen LogP contribution >= 0.6 is 0 Å². The number of pyridine rings is 1. The number of nitrogens with one attached hydrogen (secondary N) is 2. The zero-order valence-electron chi connectivity index (χ0n) is 22.4. The monoisotopic (exact) mass is 526 g/mol. The van der Waals surface area contributed by atoms with Gasteiger partial charge in [-0.1, -0.05) is 18.2 Å². The summed E-state index contributed by atoms with van der Waals surface area (Å²) in [5.41, 5.74) is 5.13. The summed E-state index contributed by atoms with van der Waals surface area (Å²) in [4.78, 5) is 40.7. The largest absolute Gasteiger partial charge is 0.497 e. The summed E-state index contributed by atoms with van der Waals surface area (Å²) >= 11 is 0. The Labute approximate surface area is 228 Å². The maximum Gasteiger partial charge on any atom is 0.250 e. The van der Waals surface area contributed by atoms with Gasteiger partial charge >= 0.3 is 0 Å². The third-order valence-electron chi connectivity index (χ3n) is 8.49.